The minimum atomic E-state index is 0.617. The lowest BCUT2D eigenvalue weighted by Gasteiger charge is -2.19. The zero-order valence-corrected chi connectivity index (χ0v) is 12.4. The van der Waals surface area contributed by atoms with Gasteiger partial charge in [0.1, 0.15) is 0 Å². The standard InChI is InChI=1S/C17H26N2/c1-4-14(2)15(3)18-11-7-12-19-13-10-16-8-5-6-9-17(16)19/h5-6,8-10,13-15,18H,4,7,11-12H2,1-3H3. The summed E-state index contributed by atoms with van der Waals surface area (Å²) >= 11 is 0. The summed E-state index contributed by atoms with van der Waals surface area (Å²) in [6, 6.07) is 11.4. The van der Waals surface area contributed by atoms with Crippen molar-refractivity contribution in [3.05, 3.63) is 36.5 Å². The summed E-state index contributed by atoms with van der Waals surface area (Å²) in [5.41, 5.74) is 1.34. The third-order valence-corrected chi connectivity index (χ3v) is 4.22. The molecule has 1 N–H and O–H groups in total. The predicted octanol–water partition coefficient (Wildman–Crippen LogP) is 4.06. The van der Waals surface area contributed by atoms with E-state index < -0.39 is 0 Å². The molecule has 0 fully saturated rings. The molecule has 0 amide bonds. The summed E-state index contributed by atoms with van der Waals surface area (Å²) < 4.78 is 2.35. The molecule has 1 aromatic carbocycles. The molecule has 0 aliphatic carbocycles. The molecule has 2 atom stereocenters. The monoisotopic (exact) mass is 258 g/mol. The summed E-state index contributed by atoms with van der Waals surface area (Å²) in [5.74, 6) is 0.757. The number of aryl methyl sites for hydroxylation is 1. The van der Waals surface area contributed by atoms with Crippen molar-refractivity contribution in [2.45, 2.75) is 46.2 Å². The third-order valence-electron chi connectivity index (χ3n) is 4.22. The van der Waals surface area contributed by atoms with Crippen molar-refractivity contribution >= 4 is 10.9 Å². The van der Waals surface area contributed by atoms with Crippen LogP contribution in [0.4, 0.5) is 0 Å². The Morgan fingerprint density at radius 2 is 1.95 bits per heavy atom. The quantitative estimate of drug-likeness (QED) is 0.741. The molecule has 2 nitrogen and oxygen atoms in total. The van der Waals surface area contributed by atoms with Crippen molar-refractivity contribution in [3.8, 4) is 0 Å². The van der Waals surface area contributed by atoms with Crippen molar-refractivity contribution in [3.63, 3.8) is 0 Å². The Hall–Kier alpha value is -1.28. The number of nitrogens with one attached hydrogen (secondary N) is 1. The van der Waals surface area contributed by atoms with Gasteiger partial charge in [0.2, 0.25) is 0 Å². The maximum Gasteiger partial charge on any atom is 0.0480 e. The molecule has 0 aliphatic rings. The molecule has 1 heterocycles. The minimum Gasteiger partial charge on any atom is -0.347 e. The van der Waals surface area contributed by atoms with Gasteiger partial charge in [-0.1, -0.05) is 38.5 Å². The molecule has 2 heteroatoms. The van der Waals surface area contributed by atoms with Crippen LogP contribution in [0.25, 0.3) is 10.9 Å². The summed E-state index contributed by atoms with van der Waals surface area (Å²) in [6.45, 7) is 9.05. The Bertz CT molecular complexity index is 501. The topological polar surface area (TPSA) is 17.0 Å². The van der Waals surface area contributed by atoms with Crippen molar-refractivity contribution in [2.75, 3.05) is 6.54 Å². The second-order valence-electron chi connectivity index (χ2n) is 5.55. The Morgan fingerprint density at radius 1 is 1.16 bits per heavy atom. The summed E-state index contributed by atoms with van der Waals surface area (Å²) in [7, 11) is 0. The highest BCUT2D eigenvalue weighted by Gasteiger charge is 2.08. The lowest BCUT2D eigenvalue weighted by Crippen LogP contribution is -2.32. The van der Waals surface area contributed by atoms with Crippen LogP contribution in [-0.2, 0) is 6.54 Å². The Morgan fingerprint density at radius 3 is 2.74 bits per heavy atom. The van der Waals surface area contributed by atoms with E-state index in [0.717, 1.165) is 19.0 Å². The fourth-order valence-electron chi connectivity index (χ4n) is 2.47. The van der Waals surface area contributed by atoms with Crippen LogP contribution in [0, 0.1) is 5.92 Å². The molecule has 0 spiro atoms. The Labute approximate surface area is 116 Å². The van der Waals surface area contributed by atoms with E-state index in [0.29, 0.717) is 6.04 Å². The number of para-hydroxylation sites is 1. The van der Waals surface area contributed by atoms with Crippen LogP contribution in [0.2, 0.25) is 0 Å². The van der Waals surface area contributed by atoms with Gasteiger partial charge in [0.05, 0.1) is 0 Å². The smallest absolute Gasteiger partial charge is 0.0480 e. The molecule has 2 rings (SSSR count). The van der Waals surface area contributed by atoms with Crippen molar-refractivity contribution in [2.24, 2.45) is 5.92 Å². The van der Waals surface area contributed by atoms with Gasteiger partial charge in [0, 0.05) is 24.3 Å². The van der Waals surface area contributed by atoms with E-state index in [-0.39, 0.29) is 0 Å². The number of benzene rings is 1. The first kappa shape index (κ1) is 14.1. The van der Waals surface area contributed by atoms with Gasteiger partial charge in [0.15, 0.2) is 0 Å². The van der Waals surface area contributed by atoms with Gasteiger partial charge in [-0.3, -0.25) is 0 Å². The zero-order valence-electron chi connectivity index (χ0n) is 12.4. The van der Waals surface area contributed by atoms with Crippen LogP contribution in [0.15, 0.2) is 36.5 Å². The maximum atomic E-state index is 3.63. The first-order valence-electron chi connectivity index (χ1n) is 7.49. The van der Waals surface area contributed by atoms with Crippen LogP contribution in [0.5, 0.6) is 0 Å². The van der Waals surface area contributed by atoms with E-state index in [9.17, 15) is 0 Å². The highest BCUT2D eigenvalue weighted by Crippen LogP contribution is 2.15. The fourth-order valence-corrected chi connectivity index (χ4v) is 2.47. The lowest BCUT2D eigenvalue weighted by molar-refractivity contribution is 0.385. The predicted molar refractivity (Wildman–Crippen MR) is 83.5 cm³/mol. The summed E-state index contributed by atoms with van der Waals surface area (Å²) in [5, 5.41) is 4.97. The molecule has 0 saturated carbocycles. The number of aromatic nitrogens is 1. The average molecular weight is 258 g/mol. The van der Waals surface area contributed by atoms with E-state index in [1.54, 1.807) is 0 Å². The third kappa shape index (κ3) is 3.60. The second kappa shape index (κ2) is 6.76. The molecule has 19 heavy (non-hydrogen) atoms. The van der Waals surface area contributed by atoms with Gasteiger partial charge in [-0.2, -0.15) is 0 Å². The Balaban J connectivity index is 1.80. The van der Waals surface area contributed by atoms with Gasteiger partial charge >= 0.3 is 0 Å². The molecular weight excluding hydrogens is 232 g/mol. The van der Waals surface area contributed by atoms with Gasteiger partial charge in [-0.25, -0.2) is 0 Å². The molecule has 1 aromatic heterocycles. The molecule has 0 bridgehead atoms. The number of hydrogen-bond donors (Lipinski definition) is 1. The average Bonchev–Trinajstić information content (AvgIpc) is 2.86. The molecular formula is C17H26N2. The van der Waals surface area contributed by atoms with E-state index in [4.69, 9.17) is 0 Å². The van der Waals surface area contributed by atoms with Crippen LogP contribution in [0.3, 0.4) is 0 Å². The van der Waals surface area contributed by atoms with Gasteiger partial charge in [-0.15, -0.1) is 0 Å². The zero-order chi connectivity index (χ0) is 13.7. The van der Waals surface area contributed by atoms with Crippen LogP contribution >= 0.6 is 0 Å². The summed E-state index contributed by atoms with van der Waals surface area (Å²) in [6.07, 6.45) is 4.62. The van der Waals surface area contributed by atoms with Crippen molar-refractivity contribution < 1.29 is 0 Å². The highest BCUT2D eigenvalue weighted by molar-refractivity contribution is 5.79. The first-order valence-corrected chi connectivity index (χ1v) is 7.49. The van der Waals surface area contributed by atoms with Crippen molar-refractivity contribution in [1.82, 2.24) is 9.88 Å². The second-order valence-corrected chi connectivity index (χ2v) is 5.55. The summed E-state index contributed by atoms with van der Waals surface area (Å²) in [4.78, 5) is 0. The molecule has 2 aromatic rings. The fraction of sp³-hybridized carbons (Fsp3) is 0.529. The van der Waals surface area contributed by atoms with Gasteiger partial charge in [0.25, 0.3) is 0 Å². The van der Waals surface area contributed by atoms with E-state index >= 15 is 0 Å². The molecule has 0 saturated heterocycles. The van der Waals surface area contributed by atoms with E-state index in [2.05, 4.69) is 67.2 Å². The molecule has 2 unspecified atom stereocenters. The van der Waals surface area contributed by atoms with Crippen LogP contribution in [0.1, 0.15) is 33.6 Å². The van der Waals surface area contributed by atoms with Crippen LogP contribution < -0.4 is 5.32 Å². The minimum absolute atomic E-state index is 0.617. The van der Waals surface area contributed by atoms with E-state index in [1.165, 1.54) is 23.7 Å². The highest BCUT2D eigenvalue weighted by atomic mass is 15.0. The van der Waals surface area contributed by atoms with Gasteiger partial charge in [-0.05, 0) is 43.3 Å². The van der Waals surface area contributed by atoms with Gasteiger partial charge < -0.3 is 9.88 Å². The number of hydrogen-bond acceptors (Lipinski definition) is 1. The SMILES string of the molecule is CCC(C)C(C)NCCCn1ccc2ccccc21. The van der Waals surface area contributed by atoms with Crippen molar-refractivity contribution in [1.29, 1.82) is 0 Å². The molecule has 0 aliphatic heterocycles. The number of nitrogens with zero attached hydrogens (tertiary/aromatic N) is 1. The molecule has 104 valence electrons. The van der Waals surface area contributed by atoms with E-state index in [1.807, 2.05) is 0 Å². The first-order chi connectivity index (χ1) is 9.22. The van der Waals surface area contributed by atoms with Crippen LogP contribution in [-0.4, -0.2) is 17.2 Å². The Kier molecular flexibility index (Phi) is 5.03. The normalized spacial score (nSPS) is 14.7. The largest absolute Gasteiger partial charge is 0.347 e. The maximum absolute atomic E-state index is 3.63. The number of fused-ring (bicyclic) bond motifs is 1. The molecule has 0 radical (unpaired) electrons. The number of rotatable bonds is 7. The lowest BCUT2D eigenvalue weighted by atomic mass is 10.0.